The number of fused-ring (bicyclic) bond motifs is 1. The molecule has 2 N–H and O–H groups in total. The molecule has 5 heteroatoms. The summed E-state index contributed by atoms with van der Waals surface area (Å²) in [6.07, 6.45) is 0.663. The minimum Gasteiger partial charge on any atom is -0.467 e. The molecule has 108 valence electrons. The Balaban J connectivity index is 2.61. The zero-order valence-corrected chi connectivity index (χ0v) is 12.4. The van der Waals surface area contributed by atoms with Crippen molar-refractivity contribution >= 4 is 23.0 Å². The number of nitrogen functional groups attached to an aromatic ring is 1. The number of carbonyl (C=O) groups excluding carboxylic acids is 1. The fraction of sp³-hybridized carbons (Fsp3) is 0.467. The Morgan fingerprint density at radius 2 is 2.15 bits per heavy atom. The van der Waals surface area contributed by atoms with Crippen LogP contribution in [0.5, 0.6) is 0 Å². The van der Waals surface area contributed by atoms with Crippen molar-refractivity contribution < 1.29 is 9.53 Å². The lowest BCUT2D eigenvalue weighted by Crippen LogP contribution is -2.23. The molecule has 0 saturated heterocycles. The number of nitrogens with zero attached hydrogens (tertiary/aromatic N) is 2. The summed E-state index contributed by atoms with van der Waals surface area (Å²) in [5.41, 5.74) is 8.79. The number of benzene rings is 1. The SMILES string of the molecule is COC(=O)C(CC(C)C)n1c(N)nc2c(C)cccc21. The maximum absolute atomic E-state index is 12.1. The lowest BCUT2D eigenvalue weighted by molar-refractivity contribution is -0.145. The summed E-state index contributed by atoms with van der Waals surface area (Å²) in [4.78, 5) is 16.5. The average Bonchev–Trinajstić information content (AvgIpc) is 2.73. The molecule has 20 heavy (non-hydrogen) atoms. The van der Waals surface area contributed by atoms with Crippen molar-refractivity contribution in [2.45, 2.75) is 33.2 Å². The first-order valence-electron chi connectivity index (χ1n) is 6.76. The number of aromatic nitrogens is 2. The largest absolute Gasteiger partial charge is 0.467 e. The van der Waals surface area contributed by atoms with Gasteiger partial charge in [0.2, 0.25) is 5.95 Å². The van der Waals surface area contributed by atoms with Gasteiger partial charge in [-0.1, -0.05) is 26.0 Å². The van der Waals surface area contributed by atoms with Gasteiger partial charge in [-0.3, -0.25) is 4.57 Å². The molecule has 0 amide bonds. The molecule has 1 unspecified atom stereocenters. The molecule has 0 aliphatic rings. The van der Waals surface area contributed by atoms with Gasteiger partial charge in [0.15, 0.2) is 0 Å². The number of hydrogen-bond donors (Lipinski definition) is 1. The van der Waals surface area contributed by atoms with Crippen LogP contribution in [-0.4, -0.2) is 22.6 Å². The molecule has 1 aromatic heterocycles. The Kier molecular flexibility index (Phi) is 3.97. The first-order chi connectivity index (χ1) is 9.45. The van der Waals surface area contributed by atoms with Crippen LogP contribution in [0.25, 0.3) is 11.0 Å². The quantitative estimate of drug-likeness (QED) is 0.871. The van der Waals surface area contributed by atoms with Crippen molar-refractivity contribution in [3.63, 3.8) is 0 Å². The number of ether oxygens (including phenoxy) is 1. The predicted molar refractivity (Wildman–Crippen MR) is 79.4 cm³/mol. The van der Waals surface area contributed by atoms with E-state index >= 15 is 0 Å². The van der Waals surface area contributed by atoms with Gasteiger partial charge in [0.25, 0.3) is 0 Å². The third-order valence-electron chi connectivity index (χ3n) is 3.43. The highest BCUT2D eigenvalue weighted by Gasteiger charge is 2.26. The Labute approximate surface area is 118 Å². The number of methoxy groups -OCH3 is 1. The number of esters is 1. The molecule has 0 spiro atoms. The van der Waals surface area contributed by atoms with Gasteiger partial charge in [-0.25, -0.2) is 9.78 Å². The van der Waals surface area contributed by atoms with Gasteiger partial charge >= 0.3 is 5.97 Å². The van der Waals surface area contributed by atoms with E-state index in [0.717, 1.165) is 16.6 Å². The summed E-state index contributed by atoms with van der Waals surface area (Å²) in [6, 6.07) is 5.42. The van der Waals surface area contributed by atoms with Crippen LogP contribution in [-0.2, 0) is 9.53 Å². The van der Waals surface area contributed by atoms with Crippen molar-refractivity contribution in [2.75, 3.05) is 12.8 Å². The number of para-hydroxylation sites is 1. The van der Waals surface area contributed by atoms with E-state index in [2.05, 4.69) is 18.8 Å². The lowest BCUT2D eigenvalue weighted by Gasteiger charge is -2.20. The Morgan fingerprint density at radius 3 is 2.75 bits per heavy atom. The standard InChI is InChI=1S/C15H21N3O2/c1-9(2)8-12(14(19)20-4)18-11-7-5-6-10(3)13(11)17-15(18)16/h5-7,9,12H,8H2,1-4H3,(H2,16,17). The van der Waals surface area contributed by atoms with E-state index in [-0.39, 0.29) is 5.97 Å². The second-order valence-electron chi connectivity index (χ2n) is 5.45. The highest BCUT2D eigenvalue weighted by Crippen LogP contribution is 2.29. The van der Waals surface area contributed by atoms with Crippen LogP contribution >= 0.6 is 0 Å². The number of anilines is 1. The Morgan fingerprint density at radius 1 is 1.45 bits per heavy atom. The molecule has 1 aromatic carbocycles. The summed E-state index contributed by atoms with van der Waals surface area (Å²) in [5.74, 6) is 0.414. The number of rotatable bonds is 4. The van der Waals surface area contributed by atoms with Crippen molar-refractivity contribution in [1.29, 1.82) is 0 Å². The fourth-order valence-corrected chi connectivity index (χ4v) is 2.49. The van der Waals surface area contributed by atoms with Crippen molar-refractivity contribution in [2.24, 2.45) is 5.92 Å². The topological polar surface area (TPSA) is 70.1 Å². The zero-order chi connectivity index (χ0) is 14.9. The third kappa shape index (κ3) is 2.48. The zero-order valence-electron chi connectivity index (χ0n) is 12.4. The molecule has 5 nitrogen and oxygen atoms in total. The molecule has 0 saturated carbocycles. The summed E-state index contributed by atoms with van der Waals surface area (Å²) in [5, 5.41) is 0. The third-order valence-corrected chi connectivity index (χ3v) is 3.43. The second kappa shape index (κ2) is 5.53. The van der Waals surface area contributed by atoms with E-state index in [0.29, 0.717) is 18.3 Å². The second-order valence-corrected chi connectivity index (χ2v) is 5.45. The van der Waals surface area contributed by atoms with Gasteiger partial charge in [0.1, 0.15) is 6.04 Å². The van der Waals surface area contributed by atoms with Gasteiger partial charge in [0, 0.05) is 0 Å². The maximum atomic E-state index is 12.1. The molecule has 1 atom stereocenters. The van der Waals surface area contributed by atoms with Crippen LogP contribution < -0.4 is 5.73 Å². The van der Waals surface area contributed by atoms with E-state index in [1.807, 2.05) is 25.1 Å². The summed E-state index contributed by atoms with van der Waals surface area (Å²) in [7, 11) is 1.40. The van der Waals surface area contributed by atoms with Gasteiger partial charge in [-0.2, -0.15) is 0 Å². The van der Waals surface area contributed by atoms with E-state index in [4.69, 9.17) is 10.5 Å². The highest BCUT2D eigenvalue weighted by atomic mass is 16.5. The van der Waals surface area contributed by atoms with E-state index in [1.54, 1.807) is 4.57 Å². The highest BCUT2D eigenvalue weighted by molar-refractivity contribution is 5.85. The van der Waals surface area contributed by atoms with E-state index in [1.165, 1.54) is 7.11 Å². The number of imidazole rings is 1. The van der Waals surface area contributed by atoms with Crippen LogP contribution in [0, 0.1) is 12.8 Å². The van der Waals surface area contributed by atoms with Crippen LogP contribution in [0.1, 0.15) is 31.9 Å². The van der Waals surface area contributed by atoms with Crippen molar-refractivity contribution in [1.82, 2.24) is 9.55 Å². The Hall–Kier alpha value is -2.04. The van der Waals surface area contributed by atoms with E-state index in [9.17, 15) is 4.79 Å². The maximum Gasteiger partial charge on any atom is 0.328 e. The first-order valence-corrected chi connectivity index (χ1v) is 6.76. The molecule has 1 heterocycles. The predicted octanol–water partition coefficient (Wildman–Crippen LogP) is 2.69. The van der Waals surface area contributed by atoms with Crippen molar-refractivity contribution in [3.05, 3.63) is 23.8 Å². The number of carbonyl (C=O) groups is 1. The van der Waals surface area contributed by atoms with Gasteiger partial charge in [0.05, 0.1) is 18.1 Å². The van der Waals surface area contributed by atoms with Crippen molar-refractivity contribution in [3.8, 4) is 0 Å². The number of aryl methyl sites for hydroxylation is 1. The van der Waals surface area contributed by atoms with Gasteiger partial charge in [-0.05, 0) is 30.9 Å². The summed E-state index contributed by atoms with van der Waals surface area (Å²) >= 11 is 0. The average molecular weight is 275 g/mol. The molecule has 2 aromatic rings. The molecule has 2 rings (SSSR count). The molecule has 0 radical (unpaired) electrons. The minimum atomic E-state index is -0.438. The molecular formula is C15H21N3O2. The number of hydrogen-bond acceptors (Lipinski definition) is 4. The Bertz CT molecular complexity index is 631. The molecular weight excluding hydrogens is 254 g/mol. The lowest BCUT2D eigenvalue weighted by atomic mass is 10.0. The smallest absolute Gasteiger partial charge is 0.328 e. The van der Waals surface area contributed by atoms with Crippen LogP contribution in [0.4, 0.5) is 5.95 Å². The monoisotopic (exact) mass is 275 g/mol. The molecule has 0 bridgehead atoms. The first kappa shape index (κ1) is 14.4. The molecule has 0 aliphatic carbocycles. The summed E-state index contributed by atoms with van der Waals surface area (Å²) in [6.45, 7) is 6.11. The van der Waals surface area contributed by atoms with Crippen LogP contribution in [0.2, 0.25) is 0 Å². The van der Waals surface area contributed by atoms with Gasteiger partial charge in [-0.15, -0.1) is 0 Å². The molecule has 0 fully saturated rings. The summed E-state index contributed by atoms with van der Waals surface area (Å²) < 4.78 is 6.71. The molecule has 0 aliphatic heterocycles. The van der Waals surface area contributed by atoms with Crippen LogP contribution in [0.3, 0.4) is 0 Å². The minimum absolute atomic E-state index is 0.286. The number of nitrogens with two attached hydrogens (primary N) is 1. The normalized spacial score (nSPS) is 12.8. The van der Waals surface area contributed by atoms with Gasteiger partial charge < -0.3 is 10.5 Å². The van der Waals surface area contributed by atoms with E-state index < -0.39 is 6.04 Å². The fourth-order valence-electron chi connectivity index (χ4n) is 2.49. The van der Waals surface area contributed by atoms with Crippen LogP contribution in [0.15, 0.2) is 18.2 Å².